The number of alkyl halides is 3. The van der Waals surface area contributed by atoms with Crippen molar-refractivity contribution in [3.8, 4) is 17.0 Å². The Kier molecular flexibility index (Phi) is 4.94. The van der Waals surface area contributed by atoms with Crippen molar-refractivity contribution in [2.75, 3.05) is 12.4 Å². The van der Waals surface area contributed by atoms with Crippen molar-refractivity contribution in [2.24, 2.45) is 0 Å². The fourth-order valence-electron chi connectivity index (χ4n) is 2.32. The molecule has 1 heterocycles. The number of aromatic nitrogens is 1. The van der Waals surface area contributed by atoms with E-state index >= 15 is 0 Å². The monoisotopic (exact) mass is 378 g/mol. The number of thiazole rings is 1. The van der Waals surface area contributed by atoms with Gasteiger partial charge in [-0.3, -0.25) is 10.1 Å². The first-order valence-corrected chi connectivity index (χ1v) is 8.34. The van der Waals surface area contributed by atoms with Crippen LogP contribution < -0.4 is 10.1 Å². The van der Waals surface area contributed by atoms with Crippen LogP contribution in [0.5, 0.6) is 5.75 Å². The molecule has 3 aromatic rings. The number of carbonyl (C=O) groups is 1. The van der Waals surface area contributed by atoms with E-state index < -0.39 is 17.6 Å². The molecule has 0 aliphatic rings. The highest BCUT2D eigenvalue weighted by atomic mass is 32.1. The highest BCUT2D eigenvalue weighted by Gasteiger charge is 2.30. The summed E-state index contributed by atoms with van der Waals surface area (Å²) in [6.45, 7) is 0. The molecule has 134 valence electrons. The number of para-hydroxylation sites is 1. The van der Waals surface area contributed by atoms with Gasteiger partial charge in [0.1, 0.15) is 5.75 Å². The van der Waals surface area contributed by atoms with E-state index in [1.165, 1.54) is 19.2 Å². The molecule has 26 heavy (non-hydrogen) atoms. The fourth-order valence-corrected chi connectivity index (χ4v) is 3.03. The average molecular weight is 378 g/mol. The fraction of sp³-hybridized carbons (Fsp3) is 0.111. The zero-order valence-corrected chi connectivity index (χ0v) is 14.3. The number of hydrogen-bond acceptors (Lipinski definition) is 4. The third-order valence-electron chi connectivity index (χ3n) is 3.56. The molecule has 0 atom stereocenters. The van der Waals surface area contributed by atoms with Crippen LogP contribution >= 0.6 is 11.3 Å². The average Bonchev–Trinajstić information content (AvgIpc) is 3.09. The lowest BCUT2D eigenvalue weighted by molar-refractivity contribution is -0.137. The second-order valence-electron chi connectivity index (χ2n) is 5.27. The normalized spacial score (nSPS) is 11.2. The molecule has 0 unspecified atom stereocenters. The number of methoxy groups -OCH3 is 1. The lowest BCUT2D eigenvalue weighted by Crippen LogP contribution is -2.12. The van der Waals surface area contributed by atoms with Crippen LogP contribution in [0.15, 0.2) is 53.9 Å². The van der Waals surface area contributed by atoms with Crippen molar-refractivity contribution in [1.29, 1.82) is 0 Å². The van der Waals surface area contributed by atoms with Gasteiger partial charge in [0.25, 0.3) is 5.91 Å². The first-order valence-electron chi connectivity index (χ1n) is 7.46. The maximum atomic E-state index is 12.8. The molecule has 0 spiro atoms. The molecule has 1 amide bonds. The Bertz CT molecular complexity index is 938. The number of carbonyl (C=O) groups excluding carboxylic acids is 1. The third kappa shape index (κ3) is 3.85. The van der Waals surface area contributed by atoms with E-state index in [4.69, 9.17) is 4.74 Å². The molecule has 0 saturated carbocycles. The molecule has 0 fully saturated rings. The van der Waals surface area contributed by atoms with E-state index in [-0.39, 0.29) is 5.13 Å². The van der Waals surface area contributed by atoms with Crippen molar-refractivity contribution in [3.63, 3.8) is 0 Å². The lowest BCUT2D eigenvalue weighted by Gasteiger charge is -2.08. The summed E-state index contributed by atoms with van der Waals surface area (Å²) < 4.78 is 43.6. The van der Waals surface area contributed by atoms with Gasteiger partial charge in [-0.15, -0.1) is 11.3 Å². The topological polar surface area (TPSA) is 51.2 Å². The van der Waals surface area contributed by atoms with Gasteiger partial charge >= 0.3 is 6.18 Å². The van der Waals surface area contributed by atoms with E-state index in [0.29, 0.717) is 22.6 Å². The molecule has 8 heteroatoms. The van der Waals surface area contributed by atoms with Crippen LogP contribution in [0.1, 0.15) is 15.9 Å². The number of amides is 1. The van der Waals surface area contributed by atoms with Crippen molar-refractivity contribution < 1.29 is 22.7 Å². The van der Waals surface area contributed by atoms with Gasteiger partial charge in [-0.25, -0.2) is 4.98 Å². The highest BCUT2D eigenvalue weighted by Crippen LogP contribution is 2.33. The maximum Gasteiger partial charge on any atom is 0.416 e. The summed E-state index contributed by atoms with van der Waals surface area (Å²) in [7, 11) is 1.46. The molecule has 0 saturated heterocycles. The summed E-state index contributed by atoms with van der Waals surface area (Å²) in [6.07, 6.45) is -4.42. The number of nitrogens with one attached hydrogen (secondary N) is 1. The Morgan fingerprint density at radius 1 is 1.15 bits per heavy atom. The van der Waals surface area contributed by atoms with Crippen molar-refractivity contribution in [1.82, 2.24) is 4.98 Å². The Hall–Kier alpha value is -2.87. The molecule has 2 aromatic carbocycles. The summed E-state index contributed by atoms with van der Waals surface area (Å²) in [4.78, 5) is 16.6. The summed E-state index contributed by atoms with van der Waals surface area (Å²) in [5.41, 5.74) is 0.277. The summed E-state index contributed by atoms with van der Waals surface area (Å²) in [5, 5.41) is 4.51. The molecule has 4 nitrogen and oxygen atoms in total. The summed E-state index contributed by atoms with van der Waals surface area (Å²) in [6, 6.07) is 11.6. The smallest absolute Gasteiger partial charge is 0.416 e. The van der Waals surface area contributed by atoms with Gasteiger partial charge in [-0.2, -0.15) is 13.2 Å². The van der Waals surface area contributed by atoms with Crippen LogP contribution in [0, 0.1) is 0 Å². The molecular weight excluding hydrogens is 365 g/mol. The Labute approximate surface area is 151 Å². The Balaban J connectivity index is 1.81. The minimum Gasteiger partial charge on any atom is -0.496 e. The van der Waals surface area contributed by atoms with Crippen molar-refractivity contribution in [3.05, 3.63) is 65.0 Å². The van der Waals surface area contributed by atoms with E-state index in [0.717, 1.165) is 23.5 Å². The van der Waals surface area contributed by atoms with Crippen molar-refractivity contribution >= 4 is 22.4 Å². The second kappa shape index (κ2) is 7.17. The van der Waals surface area contributed by atoms with Crippen LogP contribution in [0.2, 0.25) is 0 Å². The zero-order valence-electron chi connectivity index (χ0n) is 13.5. The number of benzene rings is 2. The van der Waals surface area contributed by atoms with Crippen molar-refractivity contribution in [2.45, 2.75) is 6.18 Å². The van der Waals surface area contributed by atoms with E-state index in [9.17, 15) is 18.0 Å². The van der Waals surface area contributed by atoms with Crippen LogP contribution in [-0.4, -0.2) is 18.0 Å². The van der Waals surface area contributed by atoms with Crippen LogP contribution in [-0.2, 0) is 6.18 Å². The highest BCUT2D eigenvalue weighted by molar-refractivity contribution is 7.14. The molecule has 0 aliphatic carbocycles. The number of nitrogens with zero attached hydrogens (tertiary/aromatic N) is 1. The van der Waals surface area contributed by atoms with Gasteiger partial charge in [0.05, 0.1) is 23.9 Å². The molecule has 1 N–H and O–H groups in total. The van der Waals surface area contributed by atoms with Gasteiger partial charge < -0.3 is 4.74 Å². The lowest BCUT2D eigenvalue weighted by atomic mass is 10.1. The summed E-state index contributed by atoms with van der Waals surface area (Å²) >= 11 is 1.13. The molecule has 0 bridgehead atoms. The van der Waals surface area contributed by atoms with E-state index in [1.54, 1.807) is 29.6 Å². The number of halogens is 3. The standard InChI is InChI=1S/C18H13F3N2O2S/c1-25-15-8-3-2-7-13(15)16(24)23-17-22-14(10-26-17)11-5-4-6-12(9-11)18(19,20)21/h2-10H,1H3,(H,22,23,24). The minimum absolute atomic E-state index is 0.285. The van der Waals surface area contributed by atoms with Crippen LogP contribution in [0.3, 0.4) is 0 Å². The predicted molar refractivity (Wildman–Crippen MR) is 93.5 cm³/mol. The van der Waals surface area contributed by atoms with E-state index in [2.05, 4.69) is 10.3 Å². The third-order valence-corrected chi connectivity index (χ3v) is 4.32. The van der Waals surface area contributed by atoms with Gasteiger partial charge in [-0.1, -0.05) is 24.3 Å². The van der Waals surface area contributed by atoms with Gasteiger partial charge in [-0.05, 0) is 24.3 Å². The maximum absolute atomic E-state index is 12.8. The largest absolute Gasteiger partial charge is 0.496 e. The quantitative estimate of drug-likeness (QED) is 0.688. The minimum atomic E-state index is -4.42. The molecule has 0 aliphatic heterocycles. The number of hydrogen-bond donors (Lipinski definition) is 1. The predicted octanol–water partition coefficient (Wildman–Crippen LogP) is 5.09. The molecule has 0 radical (unpaired) electrons. The number of ether oxygens (including phenoxy) is 1. The van der Waals surface area contributed by atoms with Gasteiger partial charge in [0.2, 0.25) is 0 Å². The second-order valence-corrected chi connectivity index (χ2v) is 6.13. The Morgan fingerprint density at radius 3 is 2.65 bits per heavy atom. The van der Waals surface area contributed by atoms with Crippen LogP contribution in [0.25, 0.3) is 11.3 Å². The molecular formula is C18H13F3N2O2S. The zero-order chi connectivity index (χ0) is 18.7. The van der Waals surface area contributed by atoms with E-state index in [1.807, 2.05) is 0 Å². The summed E-state index contributed by atoms with van der Waals surface area (Å²) in [5.74, 6) is 0.00653. The molecule has 3 rings (SSSR count). The number of anilines is 1. The first kappa shape index (κ1) is 17.9. The Morgan fingerprint density at radius 2 is 1.92 bits per heavy atom. The van der Waals surface area contributed by atoms with Gasteiger partial charge in [0, 0.05) is 10.9 Å². The number of rotatable bonds is 4. The SMILES string of the molecule is COc1ccccc1C(=O)Nc1nc(-c2cccc(C(F)(F)F)c2)cs1. The van der Waals surface area contributed by atoms with Crippen LogP contribution in [0.4, 0.5) is 18.3 Å². The first-order chi connectivity index (χ1) is 12.4. The molecule has 1 aromatic heterocycles. The van der Waals surface area contributed by atoms with Gasteiger partial charge in [0.15, 0.2) is 5.13 Å².